The predicted molar refractivity (Wildman–Crippen MR) is 101 cm³/mol. The molecule has 26 heavy (non-hydrogen) atoms. The second kappa shape index (κ2) is 7.78. The van der Waals surface area contributed by atoms with Gasteiger partial charge in [-0.25, -0.2) is 0 Å². The molecule has 5 heteroatoms. The largest absolute Gasteiger partial charge is 0.350 e. The minimum Gasteiger partial charge on any atom is -0.350 e. The number of hydrogen-bond acceptors (Lipinski definition) is 3. The van der Waals surface area contributed by atoms with Crippen molar-refractivity contribution in [3.63, 3.8) is 0 Å². The van der Waals surface area contributed by atoms with E-state index >= 15 is 0 Å². The van der Waals surface area contributed by atoms with Crippen LogP contribution >= 0.6 is 0 Å². The molecule has 0 aromatic heterocycles. The number of nitrogens with one attached hydrogen (secondary N) is 1. The van der Waals surface area contributed by atoms with Crippen molar-refractivity contribution in [3.8, 4) is 0 Å². The number of likely N-dealkylation sites (tertiary alicyclic amines) is 2. The molecule has 1 aliphatic carbocycles. The lowest BCUT2D eigenvalue weighted by Gasteiger charge is -2.22. The monoisotopic (exact) mass is 355 g/mol. The van der Waals surface area contributed by atoms with Gasteiger partial charge in [0.15, 0.2) is 0 Å². The van der Waals surface area contributed by atoms with Gasteiger partial charge in [-0.2, -0.15) is 0 Å². The van der Waals surface area contributed by atoms with Crippen LogP contribution in [0.4, 0.5) is 0 Å². The van der Waals surface area contributed by atoms with Crippen LogP contribution in [0.5, 0.6) is 0 Å². The summed E-state index contributed by atoms with van der Waals surface area (Å²) < 4.78 is 0. The van der Waals surface area contributed by atoms with E-state index in [0.717, 1.165) is 44.9 Å². The summed E-state index contributed by atoms with van der Waals surface area (Å²) in [4.78, 5) is 28.4. The molecule has 1 saturated carbocycles. The lowest BCUT2D eigenvalue weighted by atomic mass is 9.98. The average Bonchev–Trinajstić information content (AvgIpc) is 3.30. The minimum atomic E-state index is 0.0146. The molecule has 1 N–H and O–H groups in total. The standard InChI is InChI=1S/C21H29N3O2/c25-20(15-24-11-4-7-21(24)26)22-19-14-23(13-18(19)17-8-9-17)12-10-16-5-2-1-3-6-16/h1-3,5-6,17-19H,4,7-15H2,(H,22,25)/t18-,19+/m1/s1. The Morgan fingerprint density at radius 1 is 1.15 bits per heavy atom. The van der Waals surface area contributed by atoms with E-state index in [2.05, 4.69) is 40.5 Å². The number of carbonyl (C=O) groups is 2. The maximum absolute atomic E-state index is 12.5. The van der Waals surface area contributed by atoms with E-state index in [1.54, 1.807) is 4.90 Å². The Morgan fingerprint density at radius 2 is 1.96 bits per heavy atom. The zero-order valence-corrected chi connectivity index (χ0v) is 15.4. The molecule has 140 valence electrons. The molecule has 0 spiro atoms. The van der Waals surface area contributed by atoms with Crippen LogP contribution in [0.1, 0.15) is 31.2 Å². The molecule has 2 aliphatic heterocycles. The van der Waals surface area contributed by atoms with E-state index in [-0.39, 0.29) is 24.4 Å². The van der Waals surface area contributed by atoms with Gasteiger partial charge in [-0.1, -0.05) is 30.3 Å². The van der Waals surface area contributed by atoms with Gasteiger partial charge in [0.05, 0.1) is 6.54 Å². The van der Waals surface area contributed by atoms with Crippen LogP contribution in [0.25, 0.3) is 0 Å². The lowest BCUT2D eigenvalue weighted by Crippen LogP contribution is -2.46. The molecule has 2 amide bonds. The van der Waals surface area contributed by atoms with E-state index in [1.807, 2.05) is 0 Å². The van der Waals surface area contributed by atoms with E-state index in [9.17, 15) is 9.59 Å². The third kappa shape index (κ3) is 4.26. The molecule has 1 aromatic carbocycles. The highest BCUT2D eigenvalue weighted by Crippen LogP contribution is 2.41. The van der Waals surface area contributed by atoms with Crippen molar-refractivity contribution in [1.82, 2.24) is 15.1 Å². The maximum atomic E-state index is 12.5. The first-order valence-corrected chi connectivity index (χ1v) is 10.0. The molecule has 2 saturated heterocycles. The number of nitrogens with zero attached hydrogens (tertiary/aromatic N) is 2. The van der Waals surface area contributed by atoms with Gasteiger partial charge in [-0.3, -0.25) is 9.59 Å². The van der Waals surface area contributed by atoms with Crippen LogP contribution in [-0.2, 0) is 16.0 Å². The summed E-state index contributed by atoms with van der Waals surface area (Å²) in [5.74, 6) is 1.48. The van der Waals surface area contributed by atoms with Crippen molar-refractivity contribution < 1.29 is 9.59 Å². The van der Waals surface area contributed by atoms with E-state index in [1.165, 1.54) is 18.4 Å². The zero-order valence-electron chi connectivity index (χ0n) is 15.4. The van der Waals surface area contributed by atoms with Crippen molar-refractivity contribution in [3.05, 3.63) is 35.9 Å². The summed E-state index contributed by atoms with van der Waals surface area (Å²) in [6.07, 6.45) is 5.13. The molecular weight excluding hydrogens is 326 g/mol. The molecule has 5 nitrogen and oxygen atoms in total. The Bertz CT molecular complexity index is 644. The van der Waals surface area contributed by atoms with Crippen LogP contribution < -0.4 is 5.32 Å². The van der Waals surface area contributed by atoms with Crippen LogP contribution in [-0.4, -0.2) is 60.4 Å². The van der Waals surface area contributed by atoms with Gasteiger partial charge >= 0.3 is 0 Å². The molecule has 4 rings (SSSR count). The number of hydrogen-bond donors (Lipinski definition) is 1. The third-order valence-corrected chi connectivity index (χ3v) is 6.08. The summed E-state index contributed by atoms with van der Waals surface area (Å²) in [7, 11) is 0. The second-order valence-electron chi connectivity index (χ2n) is 8.09. The summed E-state index contributed by atoms with van der Waals surface area (Å²) in [6, 6.07) is 10.8. The van der Waals surface area contributed by atoms with Crippen molar-refractivity contribution in [2.75, 3.05) is 32.7 Å². The van der Waals surface area contributed by atoms with E-state index in [0.29, 0.717) is 12.3 Å². The van der Waals surface area contributed by atoms with Gasteiger partial charge in [0.2, 0.25) is 11.8 Å². The van der Waals surface area contributed by atoms with E-state index < -0.39 is 0 Å². The van der Waals surface area contributed by atoms with Crippen LogP contribution in [0.3, 0.4) is 0 Å². The lowest BCUT2D eigenvalue weighted by molar-refractivity contribution is -0.133. The minimum absolute atomic E-state index is 0.0146. The average molecular weight is 355 g/mol. The topological polar surface area (TPSA) is 52.7 Å². The van der Waals surface area contributed by atoms with Gasteiger partial charge < -0.3 is 15.1 Å². The normalized spacial score (nSPS) is 26.5. The second-order valence-corrected chi connectivity index (χ2v) is 8.09. The number of rotatable bonds is 7. The van der Waals surface area contributed by atoms with Crippen molar-refractivity contribution in [2.45, 2.75) is 38.1 Å². The van der Waals surface area contributed by atoms with Gasteiger partial charge in [0.1, 0.15) is 0 Å². The Labute approximate surface area is 155 Å². The smallest absolute Gasteiger partial charge is 0.239 e. The van der Waals surface area contributed by atoms with Gasteiger partial charge in [0.25, 0.3) is 0 Å². The summed E-state index contributed by atoms with van der Waals surface area (Å²) in [6.45, 7) is 4.03. The molecule has 0 radical (unpaired) electrons. The molecule has 2 atom stereocenters. The highest BCUT2D eigenvalue weighted by molar-refractivity contribution is 5.86. The first kappa shape index (κ1) is 17.5. The molecule has 2 heterocycles. The fraction of sp³-hybridized carbons (Fsp3) is 0.619. The van der Waals surface area contributed by atoms with Gasteiger partial charge in [-0.05, 0) is 43.1 Å². The molecule has 0 unspecified atom stereocenters. The fourth-order valence-electron chi connectivity index (χ4n) is 4.48. The number of amides is 2. The maximum Gasteiger partial charge on any atom is 0.239 e. The van der Waals surface area contributed by atoms with Gasteiger partial charge in [0, 0.05) is 38.6 Å². The quantitative estimate of drug-likeness (QED) is 0.810. The van der Waals surface area contributed by atoms with Crippen LogP contribution in [0.15, 0.2) is 30.3 Å². The molecular formula is C21H29N3O2. The summed E-state index contributed by atoms with van der Waals surface area (Å²) in [5, 5.41) is 3.25. The highest BCUT2D eigenvalue weighted by Gasteiger charge is 2.42. The predicted octanol–water partition coefficient (Wildman–Crippen LogP) is 1.68. The van der Waals surface area contributed by atoms with E-state index in [4.69, 9.17) is 0 Å². The first-order valence-electron chi connectivity index (χ1n) is 10.0. The van der Waals surface area contributed by atoms with Crippen molar-refractivity contribution in [2.24, 2.45) is 11.8 Å². The Morgan fingerprint density at radius 3 is 2.65 bits per heavy atom. The first-order chi connectivity index (χ1) is 12.7. The SMILES string of the molecule is O=C(CN1CCCC1=O)N[C@H]1CN(CCc2ccccc2)C[C@@H]1C1CC1. The van der Waals surface area contributed by atoms with Crippen LogP contribution in [0, 0.1) is 11.8 Å². The Kier molecular flexibility index (Phi) is 5.25. The molecule has 3 aliphatic rings. The number of benzene rings is 1. The zero-order chi connectivity index (χ0) is 17.9. The highest BCUT2D eigenvalue weighted by atomic mass is 16.2. The Hall–Kier alpha value is -1.88. The summed E-state index contributed by atoms with van der Waals surface area (Å²) >= 11 is 0. The molecule has 1 aromatic rings. The van der Waals surface area contributed by atoms with Crippen molar-refractivity contribution in [1.29, 1.82) is 0 Å². The Balaban J connectivity index is 1.30. The van der Waals surface area contributed by atoms with Crippen molar-refractivity contribution >= 4 is 11.8 Å². The van der Waals surface area contributed by atoms with Gasteiger partial charge in [-0.15, -0.1) is 0 Å². The summed E-state index contributed by atoms with van der Waals surface area (Å²) in [5.41, 5.74) is 1.37. The molecule has 0 bridgehead atoms. The molecule has 3 fully saturated rings. The van der Waals surface area contributed by atoms with Crippen LogP contribution in [0.2, 0.25) is 0 Å². The fourth-order valence-corrected chi connectivity index (χ4v) is 4.48. The number of carbonyl (C=O) groups excluding carboxylic acids is 2. The third-order valence-electron chi connectivity index (χ3n) is 6.08.